The summed E-state index contributed by atoms with van der Waals surface area (Å²) in [5.41, 5.74) is 9.58. The molecule has 24 heavy (non-hydrogen) atoms. The molecule has 0 unspecified atom stereocenters. The van der Waals surface area contributed by atoms with Gasteiger partial charge in [-0.3, -0.25) is 0 Å². The van der Waals surface area contributed by atoms with Crippen molar-refractivity contribution in [3.63, 3.8) is 0 Å². The number of hydrogen-bond donors (Lipinski definition) is 2. The van der Waals surface area contributed by atoms with E-state index in [9.17, 15) is 5.11 Å². The van der Waals surface area contributed by atoms with Gasteiger partial charge in [0.1, 0.15) is 17.9 Å². The maximum absolute atomic E-state index is 9.77. The molecule has 0 atom stereocenters. The molecule has 2 heterocycles. The summed E-state index contributed by atoms with van der Waals surface area (Å²) in [5.74, 6) is 0.626. The second kappa shape index (κ2) is 6.04. The van der Waals surface area contributed by atoms with Crippen molar-refractivity contribution in [2.75, 3.05) is 5.73 Å². The minimum atomic E-state index is 0. The number of nitrogens with two attached hydrogens (primary N) is 1. The fourth-order valence-corrected chi connectivity index (χ4v) is 2.76. The number of rotatable bonds is 2. The van der Waals surface area contributed by atoms with Gasteiger partial charge in [-0.2, -0.15) is 0 Å². The summed E-state index contributed by atoms with van der Waals surface area (Å²) in [6.07, 6.45) is 3.43. The van der Waals surface area contributed by atoms with Crippen LogP contribution in [-0.2, 0) is 0 Å². The Morgan fingerprint density at radius 2 is 1.75 bits per heavy atom. The molecule has 0 aliphatic carbocycles. The molecule has 0 bridgehead atoms. The van der Waals surface area contributed by atoms with Gasteiger partial charge in [0.15, 0.2) is 5.65 Å². The highest BCUT2D eigenvalue weighted by Crippen LogP contribution is 2.35. The van der Waals surface area contributed by atoms with Crippen molar-refractivity contribution in [1.29, 1.82) is 0 Å². The molecule has 120 valence electrons. The number of nitrogens with zero attached hydrogens (tertiary/aromatic N) is 3. The molecule has 2 aromatic carbocycles. The van der Waals surface area contributed by atoms with Gasteiger partial charge in [-0.25, -0.2) is 9.97 Å². The number of benzene rings is 2. The first-order valence-corrected chi connectivity index (χ1v) is 7.20. The number of hydrogen-bond acceptors (Lipinski definition) is 4. The Morgan fingerprint density at radius 3 is 2.50 bits per heavy atom. The second-order valence-electron chi connectivity index (χ2n) is 5.26. The van der Waals surface area contributed by atoms with Crippen molar-refractivity contribution in [3.05, 3.63) is 67.1 Å². The van der Waals surface area contributed by atoms with Gasteiger partial charge in [-0.1, -0.05) is 37.8 Å². The van der Waals surface area contributed by atoms with E-state index in [1.54, 1.807) is 18.2 Å². The highest BCUT2D eigenvalue weighted by molar-refractivity contribution is 6.01. The molecular formula is C19H18N4O. The Balaban J connectivity index is 0.00000169. The minimum Gasteiger partial charge on any atom is -0.508 e. The molecule has 3 N–H and O–H groups in total. The summed E-state index contributed by atoms with van der Waals surface area (Å²) < 4.78 is 1.98. The lowest BCUT2D eigenvalue weighted by Gasteiger charge is -2.03. The second-order valence-corrected chi connectivity index (χ2v) is 5.26. The van der Waals surface area contributed by atoms with Crippen LogP contribution in [0.25, 0.3) is 27.8 Å². The molecule has 0 aliphatic heterocycles. The van der Waals surface area contributed by atoms with E-state index in [0.717, 1.165) is 27.8 Å². The summed E-state index contributed by atoms with van der Waals surface area (Å²) in [6, 6.07) is 17.0. The maximum Gasteiger partial charge on any atom is 0.150 e. The summed E-state index contributed by atoms with van der Waals surface area (Å²) in [5, 5.41) is 10.5. The lowest BCUT2D eigenvalue weighted by atomic mass is 10.1. The Morgan fingerprint density at radius 1 is 0.958 bits per heavy atom. The third-order valence-corrected chi connectivity index (χ3v) is 3.80. The number of nitrogen functional groups attached to an aromatic ring is 1. The van der Waals surface area contributed by atoms with E-state index in [1.165, 1.54) is 6.33 Å². The Hall–Kier alpha value is -3.34. The van der Waals surface area contributed by atoms with Crippen LogP contribution in [0.15, 0.2) is 67.1 Å². The van der Waals surface area contributed by atoms with Crippen molar-refractivity contribution in [1.82, 2.24) is 14.5 Å². The van der Waals surface area contributed by atoms with Crippen LogP contribution < -0.4 is 5.73 Å². The van der Waals surface area contributed by atoms with Crippen LogP contribution >= 0.6 is 0 Å². The summed E-state index contributed by atoms with van der Waals surface area (Å²) in [7, 11) is 0. The molecule has 0 radical (unpaired) electrons. The molecule has 0 spiro atoms. The molecule has 5 nitrogen and oxygen atoms in total. The van der Waals surface area contributed by atoms with Gasteiger partial charge in [0.05, 0.1) is 5.39 Å². The molecule has 4 rings (SSSR count). The molecule has 0 saturated heterocycles. The number of aromatic hydroxyl groups is 1. The molecule has 2 aromatic heterocycles. The van der Waals surface area contributed by atoms with E-state index in [1.807, 2.05) is 47.2 Å². The quantitative estimate of drug-likeness (QED) is 0.585. The third kappa shape index (κ3) is 2.46. The number of anilines is 1. The first-order valence-electron chi connectivity index (χ1n) is 7.20. The van der Waals surface area contributed by atoms with Gasteiger partial charge in [-0.15, -0.1) is 0 Å². The standard InChI is InChI=1S/C18H14N4O.CH4/c19-17-16-15(12-5-4-8-14(23)9-12)10-22(18(16)21-11-20-17)13-6-2-1-3-7-13;/h1-11,23H,(H2,19,20,21);1H4. The van der Waals surface area contributed by atoms with E-state index >= 15 is 0 Å². The van der Waals surface area contributed by atoms with Gasteiger partial charge >= 0.3 is 0 Å². The number of aromatic nitrogens is 3. The number of phenolic OH excluding ortho intramolecular Hbond substituents is 1. The summed E-state index contributed by atoms with van der Waals surface area (Å²) >= 11 is 0. The molecule has 4 aromatic rings. The van der Waals surface area contributed by atoms with Crippen LogP contribution in [-0.4, -0.2) is 19.6 Å². The normalized spacial score (nSPS) is 10.5. The average Bonchev–Trinajstić information content (AvgIpc) is 2.97. The van der Waals surface area contributed by atoms with Crippen LogP contribution in [0.2, 0.25) is 0 Å². The van der Waals surface area contributed by atoms with Crippen LogP contribution in [0, 0.1) is 0 Å². The van der Waals surface area contributed by atoms with Crippen molar-refractivity contribution in [2.24, 2.45) is 0 Å². The first-order chi connectivity index (χ1) is 11.2. The predicted molar refractivity (Wildman–Crippen MR) is 97.1 cm³/mol. The van der Waals surface area contributed by atoms with Gasteiger partial charge < -0.3 is 15.4 Å². The molecule has 0 saturated carbocycles. The van der Waals surface area contributed by atoms with Crippen LogP contribution in [0.4, 0.5) is 5.82 Å². The molecule has 0 aliphatic rings. The summed E-state index contributed by atoms with van der Waals surface area (Å²) in [6.45, 7) is 0. The van der Waals surface area contributed by atoms with Gasteiger partial charge in [0.2, 0.25) is 0 Å². The van der Waals surface area contributed by atoms with Crippen molar-refractivity contribution in [3.8, 4) is 22.6 Å². The maximum atomic E-state index is 9.77. The lowest BCUT2D eigenvalue weighted by molar-refractivity contribution is 0.475. The summed E-state index contributed by atoms with van der Waals surface area (Å²) in [4.78, 5) is 8.51. The zero-order valence-electron chi connectivity index (χ0n) is 12.2. The highest BCUT2D eigenvalue weighted by atomic mass is 16.3. The molecule has 5 heteroatoms. The van der Waals surface area contributed by atoms with E-state index in [2.05, 4.69) is 9.97 Å². The van der Waals surface area contributed by atoms with Crippen molar-refractivity contribution < 1.29 is 5.11 Å². The minimum absolute atomic E-state index is 0. The van der Waals surface area contributed by atoms with Crippen LogP contribution in [0.3, 0.4) is 0 Å². The lowest BCUT2D eigenvalue weighted by Crippen LogP contribution is -1.96. The van der Waals surface area contributed by atoms with Crippen LogP contribution in [0.5, 0.6) is 5.75 Å². The van der Waals surface area contributed by atoms with E-state index in [0.29, 0.717) is 5.82 Å². The first kappa shape index (κ1) is 15.6. The van der Waals surface area contributed by atoms with Gasteiger partial charge in [-0.05, 0) is 29.8 Å². The largest absolute Gasteiger partial charge is 0.508 e. The zero-order valence-corrected chi connectivity index (χ0v) is 12.2. The van der Waals surface area contributed by atoms with E-state index in [-0.39, 0.29) is 13.2 Å². The number of phenols is 1. The molecular weight excluding hydrogens is 300 g/mol. The molecule has 0 fully saturated rings. The monoisotopic (exact) mass is 318 g/mol. The Kier molecular flexibility index (Phi) is 3.92. The van der Waals surface area contributed by atoms with Crippen molar-refractivity contribution >= 4 is 16.9 Å². The van der Waals surface area contributed by atoms with Gasteiger partial charge in [0.25, 0.3) is 0 Å². The average molecular weight is 318 g/mol. The predicted octanol–water partition coefficient (Wildman–Crippen LogP) is 4.01. The van der Waals surface area contributed by atoms with E-state index in [4.69, 9.17) is 5.73 Å². The molecule has 0 amide bonds. The Labute approximate surface area is 140 Å². The highest BCUT2D eigenvalue weighted by Gasteiger charge is 2.16. The van der Waals surface area contributed by atoms with Crippen molar-refractivity contribution in [2.45, 2.75) is 7.43 Å². The third-order valence-electron chi connectivity index (χ3n) is 3.80. The number of para-hydroxylation sites is 1. The van der Waals surface area contributed by atoms with Crippen LogP contribution in [0.1, 0.15) is 7.43 Å². The van der Waals surface area contributed by atoms with Gasteiger partial charge in [0, 0.05) is 17.4 Å². The Bertz CT molecular complexity index is 993. The fourth-order valence-electron chi connectivity index (χ4n) is 2.76. The fraction of sp³-hybridized carbons (Fsp3) is 0.0526. The SMILES string of the molecule is C.Nc1ncnc2c1c(-c1cccc(O)c1)cn2-c1ccccc1. The number of fused-ring (bicyclic) bond motifs is 1. The van der Waals surface area contributed by atoms with E-state index < -0.39 is 0 Å². The topological polar surface area (TPSA) is 77.0 Å². The zero-order chi connectivity index (χ0) is 15.8. The smallest absolute Gasteiger partial charge is 0.150 e.